The SMILES string of the molecule is CCCN(N)CCOC. The zero-order valence-corrected chi connectivity index (χ0v) is 6.26. The van der Waals surface area contributed by atoms with Crippen LogP contribution in [0.15, 0.2) is 0 Å². The number of nitrogens with zero attached hydrogens (tertiary/aromatic N) is 1. The summed E-state index contributed by atoms with van der Waals surface area (Å²) in [6.45, 7) is 4.59. The Morgan fingerprint density at radius 3 is 2.56 bits per heavy atom. The fourth-order valence-corrected chi connectivity index (χ4v) is 0.608. The lowest BCUT2D eigenvalue weighted by Crippen LogP contribution is -2.34. The van der Waals surface area contributed by atoms with Crippen LogP contribution in [0.1, 0.15) is 13.3 Å². The highest BCUT2D eigenvalue weighted by atomic mass is 16.5. The van der Waals surface area contributed by atoms with Gasteiger partial charge in [-0.1, -0.05) is 6.92 Å². The molecule has 0 fully saturated rings. The van der Waals surface area contributed by atoms with E-state index in [9.17, 15) is 0 Å². The minimum absolute atomic E-state index is 0.719. The van der Waals surface area contributed by atoms with Gasteiger partial charge in [-0.05, 0) is 6.42 Å². The highest BCUT2D eigenvalue weighted by molar-refractivity contribution is 4.43. The predicted octanol–water partition coefficient (Wildman–Crippen LogP) is 0.218. The fraction of sp³-hybridized carbons (Fsp3) is 1.00. The molecule has 0 aromatic heterocycles. The predicted molar refractivity (Wildman–Crippen MR) is 37.9 cm³/mol. The van der Waals surface area contributed by atoms with E-state index in [0.717, 1.165) is 26.1 Å². The number of ether oxygens (including phenoxy) is 1. The average molecular weight is 132 g/mol. The Bertz CT molecular complexity index is 59.0. The molecule has 0 atom stereocenters. The Morgan fingerprint density at radius 2 is 2.11 bits per heavy atom. The summed E-state index contributed by atoms with van der Waals surface area (Å²) in [5.74, 6) is 5.52. The quantitative estimate of drug-likeness (QED) is 0.429. The van der Waals surface area contributed by atoms with E-state index in [1.807, 2.05) is 0 Å². The molecular formula is C6H16N2O. The van der Waals surface area contributed by atoms with E-state index in [1.54, 1.807) is 12.1 Å². The Hall–Kier alpha value is -0.120. The van der Waals surface area contributed by atoms with Gasteiger partial charge < -0.3 is 4.74 Å². The second kappa shape index (κ2) is 6.01. The topological polar surface area (TPSA) is 38.5 Å². The molecular weight excluding hydrogens is 116 g/mol. The van der Waals surface area contributed by atoms with Crippen molar-refractivity contribution in [2.45, 2.75) is 13.3 Å². The molecule has 0 spiro atoms. The van der Waals surface area contributed by atoms with E-state index < -0.39 is 0 Å². The van der Waals surface area contributed by atoms with Crippen LogP contribution >= 0.6 is 0 Å². The van der Waals surface area contributed by atoms with Crippen molar-refractivity contribution in [2.75, 3.05) is 26.8 Å². The van der Waals surface area contributed by atoms with E-state index in [-0.39, 0.29) is 0 Å². The summed E-state index contributed by atoms with van der Waals surface area (Å²) < 4.78 is 4.84. The van der Waals surface area contributed by atoms with Crippen LogP contribution in [0.4, 0.5) is 0 Å². The van der Waals surface area contributed by atoms with Crippen LogP contribution in [0.3, 0.4) is 0 Å². The van der Waals surface area contributed by atoms with Gasteiger partial charge in [0.1, 0.15) is 0 Å². The van der Waals surface area contributed by atoms with Crippen molar-refractivity contribution < 1.29 is 4.74 Å². The van der Waals surface area contributed by atoms with Crippen molar-refractivity contribution >= 4 is 0 Å². The van der Waals surface area contributed by atoms with Crippen molar-refractivity contribution in [3.8, 4) is 0 Å². The van der Waals surface area contributed by atoms with Gasteiger partial charge in [-0.2, -0.15) is 0 Å². The lowest BCUT2D eigenvalue weighted by atomic mass is 10.4. The molecule has 0 aliphatic carbocycles. The maximum atomic E-state index is 5.52. The van der Waals surface area contributed by atoms with Gasteiger partial charge in [0.15, 0.2) is 0 Å². The van der Waals surface area contributed by atoms with E-state index in [4.69, 9.17) is 10.6 Å². The maximum Gasteiger partial charge on any atom is 0.0603 e. The number of hydrogen-bond acceptors (Lipinski definition) is 3. The summed E-state index contributed by atoms with van der Waals surface area (Å²) in [5, 5.41) is 1.77. The summed E-state index contributed by atoms with van der Waals surface area (Å²) in [6.07, 6.45) is 1.10. The number of rotatable bonds is 5. The Morgan fingerprint density at radius 1 is 1.44 bits per heavy atom. The molecule has 56 valence electrons. The number of hydrazine groups is 1. The third kappa shape index (κ3) is 5.76. The highest BCUT2D eigenvalue weighted by Gasteiger charge is 1.93. The second-order valence-electron chi connectivity index (χ2n) is 2.03. The first-order valence-corrected chi connectivity index (χ1v) is 3.29. The Balaban J connectivity index is 2.95. The van der Waals surface area contributed by atoms with Gasteiger partial charge in [0, 0.05) is 20.2 Å². The zero-order valence-electron chi connectivity index (χ0n) is 6.26. The lowest BCUT2D eigenvalue weighted by molar-refractivity contribution is 0.148. The molecule has 0 unspecified atom stereocenters. The van der Waals surface area contributed by atoms with Crippen LogP contribution in [0.5, 0.6) is 0 Å². The van der Waals surface area contributed by atoms with Crippen molar-refractivity contribution in [1.29, 1.82) is 0 Å². The minimum atomic E-state index is 0.719. The first kappa shape index (κ1) is 8.88. The van der Waals surface area contributed by atoms with Gasteiger partial charge in [0.25, 0.3) is 0 Å². The summed E-state index contributed by atoms with van der Waals surface area (Å²) in [6, 6.07) is 0. The molecule has 3 nitrogen and oxygen atoms in total. The average Bonchev–Trinajstić information content (AvgIpc) is 1.85. The first-order valence-electron chi connectivity index (χ1n) is 3.29. The van der Waals surface area contributed by atoms with E-state index in [1.165, 1.54) is 0 Å². The van der Waals surface area contributed by atoms with Crippen molar-refractivity contribution in [1.82, 2.24) is 5.01 Å². The molecule has 0 bridgehead atoms. The zero-order chi connectivity index (χ0) is 7.11. The maximum absolute atomic E-state index is 5.52. The summed E-state index contributed by atoms with van der Waals surface area (Å²) in [4.78, 5) is 0. The lowest BCUT2D eigenvalue weighted by Gasteiger charge is -2.13. The smallest absolute Gasteiger partial charge is 0.0603 e. The first-order chi connectivity index (χ1) is 4.31. The van der Waals surface area contributed by atoms with Gasteiger partial charge in [-0.15, -0.1) is 0 Å². The molecule has 0 aromatic rings. The largest absolute Gasteiger partial charge is 0.383 e. The Kier molecular flexibility index (Phi) is 5.93. The summed E-state index contributed by atoms with van der Waals surface area (Å²) in [5.41, 5.74) is 0. The normalized spacial score (nSPS) is 10.7. The fourth-order valence-electron chi connectivity index (χ4n) is 0.608. The van der Waals surface area contributed by atoms with E-state index in [2.05, 4.69) is 6.92 Å². The Labute approximate surface area is 56.7 Å². The molecule has 0 aliphatic heterocycles. The molecule has 3 heteroatoms. The molecule has 0 heterocycles. The molecule has 0 aliphatic rings. The third-order valence-corrected chi connectivity index (χ3v) is 1.09. The van der Waals surface area contributed by atoms with Crippen LogP contribution in [0.25, 0.3) is 0 Å². The summed E-state index contributed by atoms with van der Waals surface area (Å²) in [7, 11) is 1.68. The molecule has 0 saturated heterocycles. The van der Waals surface area contributed by atoms with Gasteiger partial charge in [-0.25, -0.2) is 5.01 Å². The third-order valence-electron chi connectivity index (χ3n) is 1.09. The van der Waals surface area contributed by atoms with Crippen LogP contribution in [-0.4, -0.2) is 31.8 Å². The molecule has 0 rings (SSSR count). The monoisotopic (exact) mass is 132 g/mol. The van der Waals surface area contributed by atoms with Gasteiger partial charge >= 0.3 is 0 Å². The number of hydrogen-bond donors (Lipinski definition) is 1. The molecule has 0 aromatic carbocycles. The van der Waals surface area contributed by atoms with Crippen LogP contribution < -0.4 is 5.84 Å². The number of methoxy groups -OCH3 is 1. The van der Waals surface area contributed by atoms with Gasteiger partial charge in [0.05, 0.1) is 6.61 Å². The standard InChI is InChI=1S/C6H16N2O/c1-3-4-8(7)5-6-9-2/h3-7H2,1-2H3. The van der Waals surface area contributed by atoms with Crippen LogP contribution in [-0.2, 0) is 4.74 Å². The summed E-state index contributed by atoms with van der Waals surface area (Å²) >= 11 is 0. The van der Waals surface area contributed by atoms with E-state index >= 15 is 0 Å². The highest BCUT2D eigenvalue weighted by Crippen LogP contribution is 1.81. The van der Waals surface area contributed by atoms with Crippen LogP contribution in [0.2, 0.25) is 0 Å². The van der Waals surface area contributed by atoms with E-state index in [0.29, 0.717) is 0 Å². The molecule has 0 amide bonds. The van der Waals surface area contributed by atoms with Crippen molar-refractivity contribution in [3.05, 3.63) is 0 Å². The molecule has 2 N–H and O–H groups in total. The van der Waals surface area contributed by atoms with Gasteiger partial charge in [0.2, 0.25) is 0 Å². The molecule has 0 radical (unpaired) electrons. The van der Waals surface area contributed by atoms with Crippen molar-refractivity contribution in [2.24, 2.45) is 5.84 Å². The van der Waals surface area contributed by atoms with Gasteiger partial charge in [-0.3, -0.25) is 5.84 Å². The molecule has 9 heavy (non-hydrogen) atoms. The second-order valence-corrected chi connectivity index (χ2v) is 2.03. The van der Waals surface area contributed by atoms with Crippen LogP contribution in [0, 0.1) is 0 Å². The van der Waals surface area contributed by atoms with Crippen molar-refractivity contribution in [3.63, 3.8) is 0 Å². The molecule has 0 saturated carbocycles. The number of nitrogens with two attached hydrogens (primary N) is 1. The minimum Gasteiger partial charge on any atom is -0.383 e.